The lowest BCUT2D eigenvalue weighted by Gasteiger charge is -2.29. The first-order chi connectivity index (χ1) is 16.8. The van der Waals surface area contributed by atoms with Crippen LogP contribution in [-0.4, -0.2) is 42.7 Å². The highest BCUT2D eigenvalue weighted by Gasteiger charge is 2.30. The van der Waals surface area contributed by atoms with Crippen LogP contribution in [0.3, 0.4) is 0 Å². The Morgan fingerprint density at radius 2 is 1.91 bits per heavy atom. The number of aliphatic hydroxyl groups is 1. The Hall–Kier alpha value is -3.05. The molecule has 35 heavy (non-hydrogen) atoms. The van der Waals surface area contributed by atoms with Crippen LogP contribution in [0.15, 0.2) is 18.3 Å². The lowest BCUT2D eigenvalue weighted by atomic mass is 9.85. The summed E-state index contributed by atoms with van der Waals surface area (Å²) in [7, 11) is 0. The van der Waals surface area contributed by atoms with E-state index in [0.29, 0.717) is 49.2 Å². The molecule has 2 heterocycles. The molecule has 0 spiro atoms. The molecular weight excluding hydrogens is 480 g/mol. The number of anilines is 3. The van der Waals surface area contributed by atoms with Crippen molar-refractivity contribution in [3.05, 3.63) is 35.0 Å². The van der Waals surface area contributed by atoms with E-state index < -0.39 is 11.6 Å². The number of rotatable bonds is 6. The Morgan fingerprint density at radius 1 is 1.14 bits per heavy atom. The third-order valence-corrected chi connectivity index (χ3v) is 7.18. The molecule has 0 bridgehead atoms. The molecule has 0 saturated heterocycles. The molecule has 5 N–H and O–H groups in total. The summed E-state index contributed by atoms with van der Waals surface area (Å²) >= 11 is 6.12. The number of carbonyl (C=O) groups excluding carboxylic acids is 1. The van der Waals surface area contributed by atoms with Crippen LogP contribution in [0.25, 0.3) is 11.2 Å². The second kappa shape index (κ2) is 9.54. The molecule has 0 radical (unpaired) electrons. The maximum absolute atomic E-state index is 14.6. The van der Waals surface area contributed by atoms with Crippen LogP contribution < -0.4 is 16.4 Å². The first-order valence-corrected chi connectivity index (χ1v) is 12.1. The highest BCUT2D eigenvalue weighted by atomic mass is 35.5. The van der Waals surface area contributed by atoms with Crippen molar-refractivity contribution in [1.29, 1.82) is 0 Å². The van der Waals surface area contributed by atoms with E-state index in [9.17, 15) is 18.7 Å². The summed E-state index contributed by atoms with van der Waals surface area (Å²) in [6, 6.07) is 1.75. The molecule has 1 aromatic carbocycles. The van der Waals surface area contributed by atoms with Gasteiger partial charge in [0.05, 0.1) is 23.0 Å². The molecule has 9 nitrogen and oxygen atoms in total. The Balaban J connectivity index is 1.52. The van der Waals surface area contributed by atoms with Crippen LogP contribution in [0.1, 0.15) is 51.0 Å². The average Bonchev–Trinajstić information content (AvgIpc) is 3.38. The Bertz CT molecular complexity index is 1240. The number of nitrogens with zero attached hydrogens (tertiary/aromatic N) is 4. The Morgan fingerprint density at radius 3 is 2.57 bits per heavy atom. The van der Waals surface area contributed by atoms with Crippen molar-refractivity contribution >= 4 is 46.3 Å². The summed E-state index contributed by atoms with van der Waals surface area (Å²) in [6.07, 6.45) is 5.91. The van der Waals surface area contributed by atoms with E-state index in [0.717, 1.165) is 25.0 Å². The fourth-order valence-electron chi connectivity index (χ4n) is 5.06. The zero-order chi connectivity index (χ0) is 24.7. The Kier molecular flexibility index (Phi) is 6.45. The van der Waals surface area contributed by atoms with Gasteiger partial charge in [-0.05, 0) is 51.0 Å². The van der Waals surface area contributed by atoms with Gasteiger partial charge in [0.25, 0.3) is 0 Å². The molecule has 2 fully saturated rings. The van der Waals surface area contributed by atoms with Crippen LogP contribution in [0.2, 0.25) is 5.02 Å². The number of nitrogens with one attached hydrogen (secondary N) is 2. The second-order valence-electron chi connectivity index (χ2n) is 9.29. The van der Waals surface area contributed by atoms with Gasteiger partial charge in [-0.1, -0.05) is 11.6 Å². The number of aromatic nitrogens is 4. The number of aliphatic hydroxyl groups excluding tert-OH is 1. The number of nitrogens with two attached hydrogens (primary N) is 1. The molecule has 2 aromatic heterocycles. The van der Waals surface area contributed by atoms with Crippen LogP contribution >= 0.6 is 11.6 Å². The maximum Gasteiger partial charge on any atom is 0.224 e. The van der Waals surface area contributed by atoms with Crippen LogP contribution in [0.5, 0.6) is 0 Å². The van der Waals surface area contributed by atoms with E-state index in [1.54, 1.807) is 6.20 Å². The van der Waals surface area contributed by atoms with Crippen molar-refractivity contribution in [2.24, 2.45) is 11.7 Å². The summed E-state index contributed by atoms with van der Waals surface area (Å²) in [4.78, 5) is 25.3. The van der Waals surface area contributed by atoms with Gasteiger partial charge in [0.15, 0.2) is 11.5 Å². The summed E-state index contributed by atoms with van der Waals surface area (Å²) < 4.78 is 30.0. The molecule has 0 unspecified atom stereocenters. The van der Waals surface area contributed by atoms with Crippen molar-refractivity contribution in [1.82, 2.24) is 19.5 Å². The van der Waals surface area contributed by atoms with Crippen LogP contribution in [0, 0.1) is 17.6 Å². The van der Waals surface area contributed by atoms with Gasteiger partial charge in [-0.25, -0.2) is 18.7 Å². The standard InChI is InChI=1S/C23H26ClF2N7O2/c24-16-7-12(25)8-17(26)19(16)31-23-30-18-10-28-22(29-13-3-6-15(34)9-13)32-21(18)33(23)14-4-1-11(2-5-14)20(27)35/h7-8,10-11,13-15,34H,1-6,9H2,(H2,27,35)(H,30,31)(H,28,29,32)/t11?,13-,14?,15-/m1/s1. The van der Waals surface area contributed by atoms with Gasteiger partial charge in [-0.15, -0.1) is 0 Å². The molecule has 0 aliphatic heterocycles. The fraction of sp³-hybridized carbons (Fsp3) is 0.478. The summed E-state index contributed by atoms with van der Waals surface area (Å²) in [6.45, 7) is 0. The smallest absolute Gasteiger partial charge is 0.224 e. The molecule has 5 rings (SSSR count). The SMILES string of the molecule is NC(=O)C1CCC(n2c(Nc3c(F)cc(F)cc3Cl)nc3cnc(N[C@@H]4CC[C@@H](O)C4)nc32)CC1. The predicted octanol–water partition coefficient (Wildman–Crippen LogP) is 4.04. The van der Waals surface area contributed by atoms with Crippen molar-refractivity contribution < 1.29 is 18.7 Å². The maximum atomic E-state index is 14.6. The summed E-state index contributed by atoms with van der Waals surface area (Å²) in [5.74, 6) is -1.44. The number of halogens is 3. The van der Waals surface area contributed by atoms with Crippen LogP contribution in [0.4, 0.5) is 26.4 Å². The number of benzene rings is 1. The van der Waals surface area contributed by atoms with Gasteiger partial charge in [-0.3, -0.25) is 9.36 Å². The number of fused-ring (bicyclic) bond motifs is 1. The molecular formula is C23H26ClF2N7O2. The second-order valence-corrected chi connectivity index (χ2v) is 9.70. The minimum Gasteiger partial charge on any atom is -0.393 e. The van der Waals surface area contributed by atoms with E-state index in [-0.39, 0.29) is 46.7 Å². The van der Waals surface area contributed by atoms with Gasteiger partial charge in [0.1, 0.15) is 11.3 Å². The average molecular weight is 506 g/mol. The number of carbonyl (C=O) groups is 1. The quantitative estimate of drug-likeness (QED) is 0.397. The van der Waals surface area contributed by atoms with E-state index in [1.165, 1.54) is 0 Å². The van der Waals surface area contributed by atoms with Crippen LogP contribution in [-0.2, 0) is 4.79 Å². The largest absolute Gasteiger partial charge is 0.393 e. The summed E-state index contributed by atoms with van der Waals surface area (Å²) in [5, 5.41) is 15.9. The van der Waals surface area contributed by atoms with Crippen molar-refractivity contribution in [2.45, 2.75) is 63.1 Å². The minimum atomic E-state index is -0.848. The third-order valence-electron chi connectivity index (χ3n) is 6.88. The zero-order valence-corrected chi connectivity index (χ0v) is 19.6. The molecule has 3 aromatic rings. The fourth-order valence-corrected chi connectivity index (χ4v) is 5.30. The first-order valence-electron chi connectivity index (χ1n) is 11.7. The van der Waals surface area contributed by atoms with Gasteiger partial charge in [0.2, 0.25) is 17.8 Å². The van der Waals surface area contributed by atoms with E-state index in [4.69, 9.17) is 22.3 Å². The number of imidazole rings is 1. The summed E-state index contributed by atoms with van der Waals surface area (Å²) in [5.41, 5.74) is 6.43. The molecule has 2 aliphatic rings. The van der Waals surface area contributed by atoms with Gasteiger partial charge >= 0.3 is 0 Å². The molecule has 2 saturated carbocycles. The molecule has 12 heteroatoms. The van der Waals surface area contributed by atoms with E-state index in [2.05, 4.69) is 20.6 Å². The zero-order valence-electron chi connectivity index (χ0n) is 18.8. The molecule has 186 valence electrons. The first kappa shape index (κ1) is 23.7. The number of amides is 1. The molecule has 2 atom stereocenters. The minimum absolute atomic E-state index is 0.0644. The van der Waals surface area contributed by atoms with Crippen molar-refractivity contribution in [2.75, 3.05) is 10.6 Å². The van der Waals surface area contributed by atoms with E-state index in [1.807, 2.05) is 4.57 Å². The topological polar surface area (TPSA) is 131 Å². The lowest BCUT2D eigenvalue weighted by Crippen LogP contribution is -2.29. The highest BCUT2D eigenvalue weighted by Crippen LogP contribution is 2.38. The molecule has 1 amide bonds. The third kappa shape index (κ3) is 4.87. The highest BCUT2D eigenvalue weighted by molar-refractivity contribution is 6.33. The van der Waals surface area contributed by atoms with Gasteiger partial charge in [0, 0.05) is 24.1 Å². The van der Waals surface area contributed by atoms with Gasteiger partial charge in [-0.2, -0.15) is 4.98 Å². The number of hydrogen-bond donors (Lipinski definition) is 4. The van der Waals surface area contributed by atoms with Crippen molar-refractivity contribution in [3.63, 3.8) is 0 Å². The predicted molar refractivity (Wildman–Crippen MR) is 127 cm³/mol. The lowest BCUT2D eigenvalue weighted by molar-refractivity contribution is -0.122. The number of hydrogen-bond acceptors (Lipinski definition) is 7. The Labute approximate surface area is 205 Å². The van der Waals surface area contributed by atoms with Gasteiger partial charge < -0.3 is 21.5 Å². The normalized spacial score (nSPS) is 24.6. The monoisotopic (exact) mass is 505 g/mol. The molecule has 2 aliphatic carbocycles. The van der Waals surface area contributed by atoms with Crippen molar-refractivity contribution in [3.8, 4) is 0 Å². The van der Waals surface area contributed by atoms with E-state index >= 15 is 0 Å². The number of primary amides is 1.